The summed E-state index contributed by atoms with van der Waals surface area (Å²) in [6.45, 7) is 10.7. The van der Waals surface area contributed by atoms with Gasteiger partial charge in [0.2, 0.25) is 11.8 Å². The van der Waals surface area contributed by atoms with E-state index < -0.39 is 6.04 Å². The highest BCUT2D eigenvalue weighted by Crippen LogP contribution is 2.16. The summed E-state index contributed by atoms with van der Waals surface area (Å²) < 4.78 is 5.72. The maximum atomic E-state index is 13.2. The Kier molecular flexibility index (Phi) is 9.10. The molecule has 1 atom stereocenters. The summed E-state index contributed by atoms with van der Waals surface area (Å²) in [7, 11) is 0. The van der Waals surface area contributed by atoms with Gasteiger partial charge in [-0.25, -0.2) is 0 Å². The summed E-state index contributed by atoms with van der Waals surface area (Å²) >= 11 is 0. The Morgan fingerprint density at radius 3 is 2.26 bits per heavy atom. The molecule has 0 heterocycles. The molecular weight excluding hydrogens is 388 g/mol. The second-order valence-corrected chi connectivity index (χ2v) is 8.94. The molecule has 0 spiro atoms. The zero-order chi connectivity index (χ0) is 22.9. The number of hydrogen-bond acceptors (Lipinski definition) is 3. The van der Waals surface area contributed by atoms with Crippen molar-refractivity contribution in [2.45, 2.75) is 72.0 Å². The molecule has 0 fully saturated rings. The molecule has 5 nitrogen and oxygen atoms in total. The third-order valence-corrected chi connectivity index (χ3v) is 4.90. The van der Waals surface area contributed by atoms with Crippen LogP contribution in [0.5, 0.6) is 5.75 Å². The van der Waals surface area contributed by atoms with Gasteiger partial charge in [-0.3, -0.25) is 9.59 Å². The van der Waals surface area contributed by atoms with Crippen LogP contribution in [0.4, 0.5) is 0 Å². The summed E-state index contributed by atoms with van der Waals surface area (Å²) in [5.74, 6) is 0.645. The van der Waals surface area contributed by atoms with E-state index >= 15 is 0 Å². The highest BCUT2D eigenvalue weighted by molar-refractivity contribution is 5.88. The summed E-state index contributed by atoms with van der Waals surface area (Å²) in [4.78, 5) is 27.9. The molecule has 0 aliphatic heterocycles. The van der Waals surface area contributed by atoms with Crippen LogP contribution in [0.2, 0.25) is 0 Å². The van der Waals surface area contributed by atoms with Gasteiger partial charge >= 0.3 is 0 Å². The second-order valence-electron chi connectivity index (χ2n) is 8.94. The quantitative estimate of drug-likeness (QED) is 0.553. The maximum absolute atomic E-state index is 13.2. The Labute approximate surface area is 186 Å². The molecule has 168 valence electrons. The number of hydrogen-bond donors (Lipinski definition) is 1. The Balaban J connectivity index is 2.08. The van der Waals surface area contributed by atoms with Gasteiger partial charge < -0.3 is 15.0 Å². The molecule has 0 bridgehead atoms. The summed E-state index contributed by atoms with van der Waals surface area (Å²) in [6.07, 6.45) is 1.48. The average molecular weight is 425 g/mol. The van der Waals surface area contributed by atoms with Gasteiger partial charge in [0, 0.05) is 18.5 Å². The number of para-hydroxylation sites is 1. The van der Waals surface area contributed by atoms with Gasteiger partial charge in [-0.15, -0.1) is 0 Å². The fourth-order valence-corrected chi connectivity index (χ4v) is 3.34. The van der Waals surface area contributed by atoms with Crippen molar-refractivity contribution in [2.75, 3.05) is 6.61 Å². The van der Waals surface area contributed by atoms with Gasteiger partial charge in [0.25, 0.3) is 0 Å². The average Bonchev–Trinajstić information content (AvgIpc) is 2.72. The van der Waals surface area contributed by atoms with Gasteiger partial charge in [0.15, 0.2) is 0 Å². The van der Waals surface area contributed by atoms with Crippen LogP contribution in [0.1, 0.15) is 58.1 Å². The highest BCUT2D eigenvalue weighted by Gasteiger charge is 2.30. The summed E-state index contributed by atoms with van der Waals surface area (Å²) in [5, 5.41) is 3.03. The molecule has 31 heavy (non-hydrogen) atoms. The fourth-order valence-electron chi connectivity index (χ4n) is 3.34. The largest absolute Gasteiger partial charge is 0.494 e. The zero-order valence-electron chi connectivity index (χ0n) is 19.5. The number of carbonyl (C=O) groups excluding carboxylic acids is 2. The molecule has 0 saturated heterocycles. The van der Waals surface area contributed by atoms with Crippen LogP contribution in [-0.2, 0) is 16.1 Å². The summed E-state index contributed by atoms with van der Waals surface area (Å²) in [5.41, 5.74) is 1.82. The van der Waals surface area contributed by atoms with E-state index in [9.17, 15) is 9.59 Å². The topological polar surface area (TPSA) is 58.6 Å². The van der Waals surface area contributed by atoms with Crippen LogP contribution >= 0.6 is 0 Å². The Bertz CT molecular complexity index is 826. The first-order valence-electron chi connectivity index (χ1n) is 11.0. The van der Waals surface area contributed by atoms with E-state index in [0.717, 1.165) is 16.9 Å². The van der Waals surface area contributed by atoms with E-state index in [-0.39, 0.29) is 17.4 Å². The predicted molar refractivity (Wildman–Crippen MR) is 125 cm³/mol. The minimum Gasteiger partial charge on any atom is -0.494 e. The van der Waals surface area contributed by atoms with Gasteiger partial charge in [-0.2, -0.15) is 0 Å². The van der Waals surface area contributed by atoms with Crippen molar-refractivity contribution < 1.29 is 14.3 Å². The lowest BCUT2D eigenvalue weighted by Gasteiger charge is -2.33. The number of benzene rings is 2. The lowest BCUT2D eigenvalue weighted by Crippen LogP contribution is -2.53. The van der Waals surface area contributed by atoms with Crippen molar-refractivity contribution in [2.24, 2.45) is 0 Å². The molecule has 2 rings (SSSR count). The van der Waals surface area contributed by atoms with E-state index in [1.54, 1.807) is 4.90 Å². The number of amides is 2. The molecule has 0 unspecified atom stereocenters. The summed E-state index contributed by atoms with van der Waals surface area (Å²) in [6, 6.07) is 17.2. The smallest absolute Gasteiger partial charge is 0.243 e. The number of rotatable bonds is 10. The number of carbonyl (C=O) groups is 2. The first kappa shape index (κ1) is 24.4. The molecule has 5 heteroatoms. The molecular formula is C26H36N2O3. The molecule has 1 N–H and O–H groups in total. The van der Waals surface area contributed by atoms with Crippen LogP contribution in [0.15, 0.2) is 54.6 Å². The molecule has 0 aliphatic carbocycles. The van der Waals surface area contributed by atoms with E-state index in [0.29, 0.717) is 32.4 Å². The zero-order valence-corrected chi connectivity index (χ0v) is 19.5. The van der Waals surface area contributed by atoms with E-state index in [2.05, 4.69) is 5.32 Å². The van der Waals surface area contributed by atoms with Crippen LogP contribution in [0, 0.1) is 6.92 Å². The number of nitrogens with one attached hydrogen (secondary N) is 1. The molecule has 2 amide bonds. The van der Waals surface area contributed by atoms with Crippen molar-refractivity contribution in [3.05, 3.63) is 65.7 Å². The predicted octanol–water partition coefficient (Wildman–Crippen LogP) is 4.88. The number of ether oxygens (including phenoxy) is 1. The second kappa shape index (κ2) is 11.5. The number of aryl methyl sites for hydroxylation is 1. The van der Waals surface area contributed by atoms with Crippen LogP contribution < -0.4 is 10.1 Å². The molecule has 2 aromatic carbocycles. The van der Waals surface area contributed by atoms with Crippen LogP contribution in [0.3, 0.4) is 0 Å². The van der Waals surface area contributed by atoms with Crippen molar-refractivity contribution in [1.29, 1.82) is 0 Å². The van der Waals surface area contributed by atoms with E-state index in [4.69, 9.17) is 4.74 Å². The minimum absolute atomic E-state index is 0.0341. The van der Waals surface area contributed by atoms with Crippen LogP contribution in [-0.4, -0.2) is 34.9 Å². The molecule has 2 aromatic rings. The Morgan fingerprint density at radius 1 is 1.03 bits per heavy atom. The standard InChI is InChI=1S/C26H36N2O3/c1-6-23(25(30)27-26(3,4)5)28(19-21-16-14-20(2)15-17-21)24(29)13-10-18-31-22-11-8-7-9-12-22/h7-9,11-12,14-17,23H,6,10,13,18-19H2,1-5H3,(H,27,30)/t23-/m0/s1. The SMILES string of the molecule is CC[C@@H](C(=O)NC(C)(C)C)N(Cc1ccc(C)cc1)C(=O)CCCOc1ccccc1. The monoisotopic (exact) mass is 424 g/mol. The number of nitrogens with zero attached hydrogens (tertiary/aromatic N) is 1. The van der Waals surface area contributed by atoms with Gasteiger partial charge in [-0.05, 0) is 58.2 Å². The van der Waals surface area contributed by atoms with E-state index in [1.165, 1.54) is 0 Å². The lowest BCUT2D eigenvalue weighted by atomic mass is 10.0. The minimum atomic E-state index is -0.511. The third kappa shape index (κ3) is 8.44. The van der Waals surface area contributed by atoms with E-state index in [1.807, 2.05) is 89.2 Å². The lowest BCUT2D eigenvalue weighted by molar-refractivity contribution is -0.142. The Hall–Kier alpha value is -2.82. The highest BCUT2D eigenvalue weighted by atomic mass is 16.5. The molecule has 0 radical (unpaired) electrons. The molecule has 0 aliphatic rings. The van der Waals surface area contributed by atoms with Crippen molar-refractivity contribution >= 4 is 11.8 Å². The first-order valence-corrected chi connectivity index (χ1v) is 11.0. The third-order valence-electron chi connectivity index (χ3n) is 4.90. The Morgan fingerprint density at radius 2 is 1.68 bits per heavy atom. The first-order chi connectivity index (χ1) is 14.7. The fraction of sp³-hybridized carbons (Fsp3) is 0.462. The van der Waals surface area contributed by atoms with Crippen molar-refractivity contribution in [1.82, 2.24) is 10.2 Å². The van der Waals surface area contributed by atoms with Crippen LogP contribution in [0.25, 0.3) is 0 Å². The van der Waals surface area contributed by atoms with Gasteiger partial charge in [0.1, 0.15) is 11.8 Å². The van der Waals surface area contributed by atoms with Crippen molar-refractivity contribution in [3.63, 3.8) is 0 Å². The maximum Gasteiger partial charge on any atom is 0.243 e. The van der Waals surface area contributed by atoms with Gasteiger partial charge in [0.05, 0.1) is 6.61 Å². The van der Waals surface area contributed by atoms with Gasteiger partial charge in [-0.1, -0.05) is 55.0 Å². The molecule has 0 saturated carbocycles. The molecule has 0 aromatic heterocycles. The normalized spacial score (nSPS) is 12.2. The van der Waals surface area contributed by atoms with Crippen molar-refractivity contribution in [3.8, 4) is 5.75 Å².